The number of nitrogens with zero attached hydrogens (tertiary/aromatic N) is 3. The molecule has 0 radical (unpaired) electrons. The molecular formula is C25H25FN4O3. The lowest BCUT2D eigenvalue weighted by Gasteiger charge is -2.27. The van der Waals surface area contributed by atoms with Crippen LogP contribution in [0.1, 0.15) is 22.9 Å². The Morgan fingerprint density at radius 2 is 1.76 bits per heavy atom. The van der Waals surface area contributed by atoms with E-state index < -0.39 is 29.3 Å². The third-order valence-corrected chi connectivity index (χ3v) is 5.82. The summed E-state index contributed by atoms with van der Waals surface area (Å²) in [7, 11) is 3.87. The second-order valence-electron chi connectivity index (χ2n) is 8.37. The Morgan fingerprint density at radius 1 is 1.09 bits per heavy atom. The van der Waals surface area contributed by atoms with Gasteiger partial charge in [-0.15, -0.1) is 0 Å². The standard InChI is InChI=1S/C25H25FN4O3/c1-16-20(15-27-30(16)19-7-5-4-6-8-19)23(31)21-22(17-9-11-18(26)12-10-17)29(14-13-28(2)3)25(33)24(21)32/h4-12,15,22,31H,13-14H2,1-3H3. The normalized spacial score (nSPS) is 17.8. The van der Waals surface area contributed by atoms with Crippen molar-refractivity contribution in [3.8, 4) is 5.69 Å². The van der Waals surface area contributed by atoms with E-state index in [2.05, 4.69) is 5.10 Å². The zero-order chi connectivity index (χ0) is 23.7. The van der Waals surface area contributed by atoms with Gasteiger partial charge in [-0.05, 0) is 36.8 Å². The van der Waals surface area contributed by atoms with Gasteiger partial charge in [-0.25, -0.2) is 9.07 Å². The Bertz CT molecular complexity index is 1220. The van der Waals surface area contributed by atoms with E-state index in [0.717, 1.165) is 10.6 Å². The maximum absolute atomic E-state index is 13.6. The number of hydrogen-bond acceptors (Lipinski definition) is 4. The number of likely N-dealkylation sites (tertiary alicyclic amines) is 1. The summed E-state index contributed by atoms with van der Waals surface area (Å²) in [5, 5.41) is 18.0. The van der Waals surface area contributed by atoms with E-state index in [-0.39, 0.29) is 17.7 Å². The number of quaternary nitrogens is 1. The Hall–Kier alpha value is -3.78. The first-order valence-corrected chi connectivity index (χ1v) is 10.7. The number of rotatable bonds is 6. The molecule has 33 heavy (non-hydrogen) atoms. The lowest BCUT2D eigenvalue weighted by Crippen LogP contribution is -3.06. The molecule has 0 bridgehead atoms. The van der Waals surface area contributed by atoms with Gasteiger partial charge in [0.15, 0.2) is 0 Å². The third-order valence-electron chi connectivity index (χ3n) is 5.82. The van der Waals surface area contributed by atoms with Crippen LogP contribution >= 0.6 is 0 Å². The number of ketones is 1. The minimum atomic E-state index is -0.878. The molecule has 1 N–H and O–H groups in total. The molecule has 1 aromatic heterocycles. The van der Waals surface area contributed by atoms with E-state index in [4.69, 9.17) is 0 Å². The zero-order valence-electron chi connectivity index (χ0n) is 18.7. The van der Waals surface area contributed by atoms with Crippen LogP contribution in [-0.4, -0.2) is 53.6 Å². The van der Waals surface area contributed by atoms with Gasteiger partial charge in [0.2, 0.25) is 5.78 Å². The van der Waals surface area contributed by atoms with Crippen LogP contribution in [0.5, 0.6) is 0 Å². The number of Topliss-reactive ketones (excluding diaryl/α,β-unsaturated/α-hetero) is 1. The van der Waals surface area contributed by atoms with Crippen LogP contribution in [-0.2, 0) is 9.59 Å². The Morgan fingerprint density at radius 3 is 2.39 bits per heavy atom. The van der Waals surface area contributed by atoms with Crippen LogP contribution in [0.25, 0.3) is 11.4 Å². The molecule has 1 aliphatic heterocycles. The van der Waals surface area contributed by atoms with E-state index in [0.29, 0.717) is 17.8 Å². The molecule has 1 amide bonds. The van der Waals surface area contributed by atoms with E-state index in [1.54, 1.807) is 11.6 Å². The predicted molar refractivity (Wildman–Crippen MR) is 119 cm³/mol. The van der Waals surface area contributed by atoms with E-state index >= 15 is 0 Å². The Balaban J connectivity index is 1.84. The van der Waals surface area contributed by atoms with Gasteiger partial charge in [0.25, 0.3) is 5.91 Å². The number of para-hydroxylation sites is 1. The second kappa shape index (κ2) is 8.99. The molecule has 0 aliphatic carbocycles. The van der Waals surface area contributed by atoms with Crippen LogP contribution in [0.15, 0.2) is 66.4 Å². The van der Waals surface area contributed by atoms with Crippen molar-refractivity contribution in [1.29, 1.82) is 0 Å². The molecule has 1 atom stereocenters. The summed E-state index contributed by atoms with van der Waals surface area (Å²) in [6.45, 7) is 2.62. The van der Waals surface area contributed by atoms with Gasteiger partial charge in [0.1, 0.15) is 5.82 Å². The summed E-state index contributed by atoms with van der Waals surface area (Å²) in [4.78, 5) is 28.5. The summed E-state index contributed by atoms with van der Waals surface area (Å²) < 4.78 is 15.2. The number of carbonyl (C=O) groups excluding carboxylic acids is 2. The molecule has 8 heteroatoms. The molecular weight excluding hydrogens is 423 g/mol. The lowest BCUT2D eigenvalue weighted by atomic mass is 9.95. The van der Waals surface area contributed by atoms with Gasteiger partial charge in [0, 0.05) is 16.8 Å². The maximum atomic E-state index is 13.6. The zero-order valence-corrected chi connectivity index (χ0v) is 18.7. The summed E-state index contributed by atoms with van der Waals surface area (Å²) in [6.07, 6.45) is 1.42. The van der Waals surface area contributed by atoms with Crippen molar-refractivity contribution in [1.82, 2.24) is 14.7 Å². The van der Waals surface area contributed by atoms with Gasteiger partial charge in [0.05, 0.1) is 45.1 Å². The fraction of sp³-hybridized carbons (Fsp3) is 0.240. The van der Waals surface area contributed by atoms with Crippen LogP contribution < -0.4 is 10.0 Å². The SMILES string of the molecule is Cc1c(C([O-])=C2C(=O)C(=O)N(CC[NH+](C)C)C2c2ccc(F)cc2)cnn1-c1ccccc1. The van der Waals surface area contributed by atoms with Crippen LogP contribution in [0.4, 0.5) is 4.39 Å². The molecule has 4 rings (SSSR count). The molecule has 0 saturated carbocycles. The monoisotopic (exact) mass is 448 g/mol. The number of likely N-dealkylation sites (N-methyl/N-ethyl adjacent to an activating group) is 1. The van der Waals surface area contributed by atoms with Crippen molar-refractivity contribution in [3.63, 3.8) is 0 Å². The van der Waals surface area contributed by atoms with Gasteiger partial charge in [-0.2, -0.15) is 5.10 Å². The van der Waals surface area contributed by atoms with Gasteiger partial charge < -0.3 is 14.9 Å². The Labute approximate surface area is 191 Å². The number of halogens is 1. The van der Waals surface area contributed by atoms with Crippen LogP contribution in [0, 0.1) is 12.7 Å². The molecule has 2 heterocycles. The van der Waals surface area contributed by atoms with Crippen LogP contribution in [0.2, 0.25) is 0 Å². The Kier molecular flexibility index (Phi) is 6.11. The third kappa shape index (κ3) is 4.17. The van der Waals surface area contributed by atoms with Crippen molar-refractivity contribution in [3.05, 3.63) is 89.0 Å². The molecule has 1 aliphatic rings. The molecule has 2 aromatic carbocycles. The van der Waals surface area contributed by atoms with Crippen molar-refractivity contribution >= 4 is 17.4 Å². The highest BCUT2D eigenvalue weighted by Crippen LogP contribution is 2.38. The molecule has 7 nitrogen and oxygen atoms in total. The van der Waals surface area contributed by atoms with Gasteiger partial charge in [-0.1, -0.05) is 36.1 Å². The molecule has 1 unspecified atom stereocenters. The first-order valence-electron chi connectivity index (χ1n) is 10.7. The highest BCUT2D eigenvalue weighted by molar-refractivity contribution is 6.46. The number of nitrogens with one attached hydrogen (secondary N) is 1. The summed E-state index contributed by atoms with van der Waals surface area (Å²) in [6, 6.07) is 14.0. The van der Waals surface area contributed by atoms with Crippen molar-refractivity contribution in [2.75, 3.05) is 27.2 Å². The van der Waals surface area contributed by atoms with E-state index in [9.17, 15) is 19.1 Å². The molecule has 1 saturated heterocycles. The topological polar surface area (TPSA) is 82.7 Å². The minimum absolute atomic E-state index is 0.129. The van der Waals surface area contributed by atoms with E-state index in [1.165, 1.54) is 35.4 Å². The van der Waals surface area contributed by atoms with Crippen molar-refractivity contribution < 1.29 is 24.0 Å². The second-order valence-corrected chi connectivity index (χ2v) is 8.37. The molecule has 170 valence electrons. The number of hydrogen-bond donors (Lipinski definition) is 1. The van der Waals surface area contributed by atoms with E-state index in [1.807, 2.05) is 44.4 Å². The number of amides is 1. The fourth-order valence-electron chi connectivity index (χ4n) is 4.04. The predicted octanol–water partition coefficient (Wildman–Crippen LogP) is 0.688. The van der Waals surface area contributed by atoms with Gasteiger partial charge >= 0.3 is 0 Å². The highest BCUT2D eigenvalue weighted by Gasteiger charge is 2.44. The lowest BCUT2D eigenvalue weighted by molar-refractivity contribution is -0.857. The minimum Gasteiger partial charge on any atom is -0.872 e. The maximum Gasteiger partial charge on any atom is 0.295 e. The molecule has 0 spiro atoms. The average Bonchev–Trinajstić information content (AvgIpc) is 3.30. The molecule has 3 aromatic rings. The first kappa shape index (κ1) is 22.4. The smallest absolute Gasteiger partial charge is 0.295 e. The number of aromatic nitrogens is 2. The van der Waals surface area contributed by atoms with Crippen molar-refractivity contribution in [2.45, 2.75) is 13.0 Å². The van der Waals surface area contributed by atoms with Crippen LogP contribution in [0.3, 0.4) is 0 Å². The summed E-state index contributed by atoms with van der Waals surface area (Å²) >= 11 is 0. The largest absolute Gasteiger partial charge is 0.872 e. The number of carbonyl (C=O) groups is 2. The van der Waals surface area contributed by atoms with Crippen molar-refractivity contribution in [2.24, 2.45) is 0 Å². The van der Waals surface area contributed by atoms with Gasteiger partial charge in [-0.3, -0.25) is 9.59 Å². The number of benzene rings is 2. The molecule has 1 fully saturated rings. The first-order chi connectivity index (χ1) is 15.8. The average molecular weight is 448 g/mol. The summed E-state index contributed by atoms with van der Waals surface area (Å²) in [5.41, 5.74) is 1.98. The fourth-order valence-corrected chi connectivity index (χ4v) is 4.04. The summed E-state index contributed by atoms with van der Waals surface area (Å²) in [5.74, 6) is -2.52. The highest BCUT2D eigenvalue weighted by atomic mass is 19.1. The quantitative estimate of drug-likeness (QED) is 0.342.